The van der Waals surface area contributed by atoms with Crippen LogP contribution >= 0.6 is 23.2 Å². The number of benzene rings is 2. The number of nitrogens with one attached hydrogen (secondary N) is 1. The van der Waals surface area contributed by atoms with Crippen LogP contribution in [0.1, 0.15) is 12.8 Å². The van der Waals surface area contributed by atoms with Crippen LogP contribution in [-0.4, -0.2) is 49.1 Å². The van der Waals surface area contributed by atoms with Crippen LogP contribution in [0.5, 0.6) is 11.5 Å². The van der Waals surface area contributed by atoms with Crippen molar-refractivity contribution in [1.29, 1.82) is 0 Å². The Morgan fingerprint density at radius 2 is 1.34 bits per heavy atom. The molecule has 8 heteroatoms. The molecule has 0 aromatic heterocycles. The van der Waals surface area contributed by atoms with Crippen LogP contribution in [0.3, 0.4) is 0 Å². The fourth-order valence-corrected chi connectivity index (χ4v) is 3.24. The molecule has 0 aliphatic carbocycles. The largest absolute Gasteiger partial charge is 0.484 e. The molecule has 0 spiro atoms. The van der Waals surface area contributed by atoms with Crippen molar-refractivity contribution in [3.8, 4) is 11.5 Å². The fraction of sp³-hybridized carbons (Fsp3) is 0.333. The molecule has 0 bridgehead atoms. The van der Waals surface area contributed by atoms with Gasteiger partial charge < -0.3 is 19.7 Å². The van der Waals surface area contributed by atoms with Crippen LogP contribution in [0.2, 0.25) is 10.0 Å². The van der Waals surface area contributed by atoms with Gasteiger partial charge in [0.25, 0.3) is 11.8 Å². The van der Waals surface area contributed by atoms with Crippen molar-refractivity contribution in [2.45, 2.75) is 18.9 Å². The second-order valence-corrected chi connectivity index (χ2v) is 7.58. The van der Waals surface area contributed by atoms with Gasteiger partial charge in [-0.25, -0.2) is 0 Å². The Hall–Kier alpha value is -2.44. The van der Waals surface area contributed by atoms with E-state index in [-0.39, 0.29) is 31.1 Å². The zero-order chi connectivity index (χ0) is 20.6. The Balaban J connectivity index is 1.34. The third kappa shape index (κ3) is 6.84. The molecule has 2 aromatic carbocycles. The van der Waals surface area contributed by atoms with Gasteiger partial charge in [-0.2, -0.15) is 0 Å². The molecule has 154 valence electrons. The summed E-state index contributed by atoms with van der Waals surface area (Å²) in [7, 11) is 0. The van der Waals surface area contributed by atoms with E-state index in [0.29, 0.717) is 47.5 Å². The van der Waals surface area contributed by atoms with Crippen molar-refractivity contribution in [2.24, 2.45) is 0 Å². The molecular weight excluding hydrogens is 415 g/mol. The summed E-state index contributed by atoms with van der Waals surface area (Å²) in [5, 5.41) is 4.18. The Bertz CT molecular complexity index is 820. The van der Waals surface area contributed by atoms with Crippen molar-refractivity contribution in [3.63, 3.8) is 0 Å². The molecule has 1 aliphatic rings. The summed E-state index contributed by atoms with van der Waals surface area (Å²) in [5.41, 5.74) is 0. The predicted octanol–water partition coefficient (Wildman–Crippen LogP) is 3.56. The first kappa shape index (κ1) is 21.3. The van der Waals surface area contributed by atoms with E-state index in [1.807, 2.05) is 0 Å². The van der Waals surface area contributed by atoms with Gasteiger partial charge in [0.15, 0.2) is 13.2 Å². The molecule has 1 fully saturated rings. The van der Waals surface area contributed by atoms with Crippen LogP contribution in [-0.2, 0) is 9.59 Å². The fourth-order valence-electron chi connectivity index (χ4n) is 2.99. The summed E-state index contributed by atoms with van der Waals surface area (Å²) in [4.78, 5) is 26.1. The van der Waals surface area contributed by atoms with E-state index in [1.165, 1.54) is 0 Å². The van der Waals surface area contributed by atoms with Crippen molar-refractivity contribution in [1.82, 2.24) is 10.2 Å². The minimum atomic E-state index is -0.184. The van der Waals surface area contributed by atoms with Gasteiger partial charge in [0.05, 0.1) is 0 Å². The number of amides is 2. The second-order valence-electron chi connectivity index (χ2n) is 6.71. The van der Waals surface area contributed by atoms with E-state index in [1.54, 1.807) is 53.4 Å². The Morgan fingerprint density at radius 1 is 0.862 bits per heavy atom. The van der Waals surface area contributed by atoms with Gasteiger partial charge in [0.2, 0.25) is 0 Å². The monoisotopic (exact) mass is 436 g/mol. The predicted molar refractivity (Wildman–Crippen MR) is 112 cm³/mol. The number of carbonyl (C=O) groups is 2. The maximum atomic E-state index is 12.3. The number of piperidine rings is 1. The summed E-state index contributed by atoms with van der Waals surface area (Å²) in [6, 6.07) is 13.7. The molecule has 29 heavy (non-hydrogen) atoms. The lowest BCUT2D eigenvalue weighted by Gasteiger charge is -2.32. The molecule has 1 aliphatic heterocycles. The van der Waals surface area contributed by atoms with Gasteiger partial charge >= 0.3 is 0 Å². The first-order valence-corrected chi connectivity index (χ1v) is 10.1. The normalized spacial score (nSPS) is 14.3. The Labute approximate surface area is 179 Å². The van der Waals surface area contributed by atoms with Gasteiger partial charge in [0, 0.05) is 29.2 Å². The average molecular weight is 437 g/mol. The number of nitrogens with zero attached hydrogens (tertiary/aromatic N) is 1. The standard InChI is InChI=1S/C21H22Cl2N2O4/c22-15-1-5-18(6-2-15)28-13-20(26)24-17-9-11-25(12-10-17)21(27)14-29-19-7-3-16(23)4-8-19/h1-8,17H,9-14H2,(H,24,26). The SMILES string of the molecule is O=C(COc1ccc(Cl)cc1)NC1CCN(C(=O)COc2ccc(Cl)cc2)CC1. The number of hydrogen-bond donors (Lipinski definition) is 1. The van der Waals surface area contributed by atoms with Crippen LogP contribution < -0.4 is 14.8 Å². The molecule has 3 rings (SSSR count). The summed E-state index contributed by atoms with van der Waals surface area (Å²) < 4.78 is 10.9. The second kappa shape index (κ2) is 10.4. The topological polar surface area (TPSA) is 67.9 Å². The third-order valence-electron chi connectivity index (χ3n) is 4.57. The van der Waals surface area contributed by atoms with Gasteiger partial charge in [-0.3, -0.25) is 9.59 Å². The quantitative estimate of drug-likeness (QED) is 0.720. The maximum absolute atomic E-state index is 12.3. The highest BCUT2D eigenvalue weighted by Gasteiger charge is 2.24. The van der Waals surface area contributed by atoms with Crippen LogP contribution in [0.15, 0.2) is 48.5 Å². The molecule has 0 saturated carbocycles. The number of carbonyl (C=O) groups excluding carboxylic acids is 2. The van der Waals surface area contributed by atoms with Crippen LogP contribution in [0.25, 0.3) is 0 Å². The maximum Gasteiger partial charge on any atom is 0.260 e. The summed E-state index contributed by atoms with van der Waals surface area (Å²) in [6.45, 7) is 1.07. The number of rotatable bonds is 7. The molecule has 6 nitrogen and oxygen atoms in total. The lowest BCUT2D eigenvalue weighted by Crippen LogP contribution is -2.48. The molecule has 2 amide bonds. The van der Waals surface area contributed by atoms with Crippen molar-refractivity contribution in [3.05, 3.63) is 58.6 Å². The van der Waals surface area contributed by atoms with E-state index >= 15 is 0 Å². The zero-order valence-corrected chi connectivity index (χ0v) is 17.3. The molecule has 0 atom stereocenters. The van der Waals surface area contributed by atoms with Gasteiger partial charge in [-0.15, -0.1) is 0 Å². The third-order valence-corrected chi connectivity index (χ3v) is 5.08. The summed E-state index contributed by atoms with van der Waals surface area (Å²) in [5.74, 6) is 0.933. The smallest absolute Gasteiger partial charge is 0.260 e. The minimum Gasteiger partial charge on any atom is -0.484 e. The van der Waals surface area contributed by atoms with E-state index in [0.717, 1.165) is 0 Å². The summed E-state index contributed by atoms with van der Waals surface area (Å²) >= 11 is 11.6. The Morgan fingerprint density at radius 3 is 1.86 bits per heavy atom. The number of ether oxygens (including phenoxy) is 2. The lowest BCUT2D eigenvalue weighted by atomic mass is 10.1. The summed E-state index contributed by atoms with van der Waals surface area (Å²) in [6.07, 6.45) is 1.39. The van der Waals surface area contributed by atoms with E-state index in [4.69, 9.17) is 32.7 Å². The molecule has 2 aromatic rings. The first-order chi connectivity index (χ1) is 14.0. The molecule has 1 saturated heterocycles. The lowest BCUT2D eigenvalue weighted by molar-refractivity contribution is -0.134. The van der Waals surface area contributed by atoms with E-state index in [9.17, 15) is 9.59 Å². The number of hydrogen-bond acceptors (Lipinski definition) is 4. The van der Waals surface area contributed by atoms with Gasteiger partial charge in [-0.05, 0) is 61.4 Å². The van der Waals surface area contributed by atoms with E-state index in [2.05, 4.69) is 5.32 Å². The average Bonchev–Trinajstić information content (AvgIpc) is 2.73. The van der Waals surface area contributed by atoms with Crippen molar-refractivity contribution < 1.29 is 19.1 Å². The Kier molecular flexibility index (Phi) is 7.61. The van der Waals surface area contributed by atoms with Crippen LogP contribution in [0.4, 0.5) is 0 Å². The first-order valence-electron chi connectivity index (χ1n) is 9.33. The van der Waals surface area contributed by atoms with Crippen molar-refractivity contribution in [2.75, 3.05) is 26.3 Å². The molecule has 1 heterocycles. The minimum absolute atomic E-state index is 0.0202. The molecule has 0 radical (unpaired) electrons. The van der Waals surface area contributed by atoms with E-state index < -0.39 is 0 Å². The number of halogens is 2. The molecule has 1 N–H and O–H groups in total. The number of likely N-dealkylation sites (tertiary alicyclic amines) is 1. The highest BCUT2D eigenvalue weighted by atomic mass is 35.5. The molecule has 0 unspecified atom stereocenters. The van der Waals surface area contributed by atoms with Gasteiger partial charge in [-0.1, -0.05) is 23.2 Å². The van der Waals surface area contributed by atoms with Gasteiger partial charge in [0.1, 0.15) is 11.5 Å². The van der Waals surface area contributed by atoms with Crippen LogP contribution in [0, 0.1) is 0 Å². The highest BCUT2D eigenvalue weighted by Crippen LogP contribution is 2.17. The molecular formula is C21H22Cl2N2O4. The zero-order valence-electron chi connectivity index (χ0n) is 15.8. The highest BCUT2D eigenvalue weighted by molar-refractivity contribution is 6.30. The van der Waals surface area contributed by atoms with Crippen molar-refractivity contribution >= 4 is 35.0 Å².